The maximum atomic E-state index is 11.8. The quantitative estimate of drug-likeness (QED) is 0.807. The predicted octanol–water partition coefficient (Wildman–Crippen LogP) is 1.86. The third kappa shape index (κ3) is 3.05. The number of methoxy groups -OCH3 is 1. The van der Waals surface area contributed by atoms with Gasteiger partial charge in [-0.2, -0.15) is 5.10 Å². The minimum atomic E-state index is -0.615. The minimum Gasteiger partial charge on any atom is -0.497 e. The molecule has 0 atom stereocenters. The van der Waals surface area contributed by atoms with Crippen molar-refractivity contribution in [3.05, 3.63) is 51.9 Å². The third-order valence-electron chi connectivity index (χ3n) is 2.78. The Morgan fingerprint density at radius 3 is 2.80 bits per heavy atom. The van der Waals surface area contributed by atoms with Gasteiger partial charge in [-0.3, -0.25) is 9.59 Å². The smallest absolute Gasteiger partial charge is 0.227 e. The molecule has 0 N–H and O–H groups in total. The molecule has 6 heteroatoms. The summed E-state index contributed by atoms with van der Waals surface area (Å²) in [5.41, 5.74) is 1.23. The Balaban J connectivity index is 2.55. The van der Waals surface area contributed by atoms with Gasteiger partial charge < -0.3 is 4.74 Å². The Kier molecular flexibility index (Phi) is 4.20. The van der Waals surface area contributed by atoms with Crippen molar-refractivity contribution in [3.8, 4) is 11.4 Å². The van der Waals surface area contributed by atoms with E-state index in [1.54, 1.807) is 24.8 Å². The van der Waals surface area contributed by atoms with E-state index in [1.165, 1.54) is 6.07 Å². The molecular formula is C14H13ClN2O3. The van der Waals surface area contributed by atoms with E-state index < -0.39 is 5.24 Å². The molecule has 1 aromatic carbocycles. The number of aryl methyl sites for hydroxylation is 1. The van der Waals surface area contributed by atoms with E-state index >= 15 is 0 Å². The van der Waals surface area contributed by atoms with Gasteiger partial charge in [0.25, 0.3) is 0 Å². The van der Waals surface area contributed by atoms with E-state index in [0.717, 1.165) is 5.69 Å². The number of aromatic nitrogens is 2. The molecule has 2 rings (SSSR count). The van der Waals surface area contributed by atoms with E-state index in [9.17, 15) is 9.59 Å². The average Bonchev–Trinajstić information content (AvgIpc) is 2.41. The van der Waals surface area contributed by atoms with Gasteiger partial charge in [0.15, 0.2) is 0 Å². The number of halogens is 1. The number of nitrogens with zero attached hydrogens (tertiary/aromatic N) is 2. The minimum absolute atomic E-state index is 0.124. The Morgan fingerprint density at radius 1 is 1.40 bits per heavy atom. The van der Waals surface area contributed by atoms with E-state index in [2.05, 4.69) is 5.10 Å². The maximum Gasteiger partial charge on any atom is 0.227 e. The van der Waals surface area contributed by atoms with Crippen LogP contribution >= 0.6 is 11.6 Å². The van der Waals surface area contributed by atoms with E-state index in [1.807, 2.05) is 18.2 Å². The molecule has 0 spiro atoms. The van der Waals surface area contributed by atoms with Crippen LogP contribution in [-0.4, -0.2) is 22.1 Å². The molecule has 0 aliphatic carbocycles. The Morgan fingerprint density at radius 2 is 2.15 bits per heavy atom. The standard InChI is InChI=1S/C14H13ClN2O3/c1-9-6-13(18)12(8-14(15)19)16-17(9)10-4-3-5-11(7-10)20-2/h3-7H,8H2,1-2H3. The van der Waals surface area contributed by atoms with Gasteiger partial charge in [0.1, 0.15) is 11.4 Å². The first-order chi connectivity index (χ1) is 9.51. The monoisotopic (exact) mass is 292 g/mol. The Labute approximate surface area is 120 Å². The number of carbonyl (C=O) groups excluding carboxylic acids is 1. The van der Waals surface area contributed by atoms with Gasteiger partial charge in [-0.05, 0) is 30.7 Å². The largest absolute Gasteiger partial charge is 0.497 e. The topological polar surface area (TPSA) is 61.2 Å². The molecule has 20 heavy (non-hydrogen) atoms. The number of carbonyl (C=O) groups is 1. The first kappa shape index (κ1) is 14.3. The van der Waals surface area contributed by atoms with Crippen LogP contribution in [0.5, 0.6) is 5.75 Å². The summed E-state index contributed by atoms with van der Waals surface area (Å²) in [5.74, 6) is 0.678. The van der Waals surface area contributed by atoms with Gasteiger partial charge >= 0.3 is 0 Å². The highest BCUT2D eigenvalue weighted by atomic mass is 35.5. The molecule has 0 saturated heterocycles. The molecule has 0 fully saturated rings. The third-order valence-corrected chi connectivity index (χ3v) is 2.92. The van der Waals surface area contributed by atoms with Gasteiger partial charge in [-0.1, -0.05) is 6.07 Å². The SMILES string of the molecule is COc1cccc(-n2nc(CC(=O)Cl)c(=O)cc2C)c1. The second-order valence-corrected chi connectivity index (χ2v) is 4.66. The van der Waals surface area contributed by atoms with Crippen LogP contribution in [0, 0.1) is 6.92 Å². The number of ether oxygens (including phenoxy) is 1. The lowest BCUT2D eigenvalue weighted by molar-refractivity contribution is -0.111. The fourth-order valence-electron chi connectivity index (χ4n) is 1.84. The van der Waals surface area contributed by atoms with Crippen LogP contribution in [0.1, 0.15) is 11.4 Å². The first-order valence-electron chi connectivity index (χ1n) is 5.94. The highest BCUT2D eigenvalue weighted by molar-refractivity contribution is 6.63. The van der Waals surface area contributed by atoms with Crippen molar-refractivity contribution in [1.82, 2.24) is 9.78 Å². The Bertz CT molecular complexity index is 710. The lowest BCUT2D eigenvalue weighted by Crippen LogP contribution is -2.20. The van der Waals surface area contributed by atoms with E-state index in [0.29, 0.717) is 11.4 Å². The van der Waals surface area contributed by atoms with Crippen molar-refractivity contribution in [3.63, 3.8) is 0 Å². The van der Waals surface area contributed by atoms with Crippen molar-refractivity contribution < 1.29 is 9.53 Å². The van der Waals surface area contributed by atoms with Gasteiger partial charge in [0.2, 0.25) is 10.7 Å². The average molecular weight is 293 g/mol. The highest BCUT2D eigenvalue weighted by Gasteiger charge is 2.10. The lowest BCUT2D eigenvalue weighted by Gasteiger charge is -2.11. The molecular weight excluding hydrogens is 280 g/mol. The van der Waals surface area contributed by atoms with Crippen molar-refractivity contribution >= 4 is 16.8 Å². The van der Waals surface area contributed by atoms with Crippen LogP contribution in [0.4, 0.5) is 0 Å². The summed E-state index contributed by atoms with van der Waals surface area (Å²) < 4.78 is 6.74. The second-order valence-electron chi connectivity index (χ2n) is 4.24. The maximum absolute atomic E-state index is 11.8. The number of hydrogen-bond acceptors (Lipinski definition) is 4. The van der Waals surface area contributed by atoms with Gasteiger partial charge in [-0.15, -0.1) is 0 Å². The van der Waals surface area contributed by atoms with Crippen LogP contribution in [0.2, 0.25) is 0 Å². The summed E-state index contributed by atoms with van der Waals surface area (Å²) in [4.78, 5) is 22.7. The van der Waals surface area contributed by atoms with Crippen LogP contribution in [0.15, 0.2) is 35.1 Å². The van der Waals surface area contributed by atoms with Crippen LogP contribution in [0.25, 0.3) is 5.69 Å². The zero-order valence-corrected chi connectivity index (χ0v) is 11.8. The number of hydrogen-bond donors (Lipinski definition) is 0. The number of rotatable bonds is 4. The lowest BCUT2D eigenvalue weighted by atomic mass is 10.2. The summed E-state index contributed by atoms with van der Waals surface area (Å²) >= 11 is 5.32. The normalized spacial score (nSPS) is 10.3. The van der Waals surface area contributed by atoms with Crippen molar-refractivity contribution in [2.24, 2.45) is 0 Å². The summed E-state index contributed by atoms with van der Waals surface area (Å²) in [6.07, 6.45) is -0.190. The molecule has 1 aromatic heterocycles. The number of benzene rings is 1. The van der Waals surface area contributed by atoms with Crippen molar-refractivity contribution in [2.45, 2.75) is 13.3 Å². The molecule has 2 aromatic rings. The van der Waals surface area contributed by atoms with Gasteiger partial charge in [0, 0.05) is 17.8 Å². The van der Waals surface area contributed by atoms with Crippen LogP contribution in [0.3, 0.4) is 0 Å². The fourth-order valence-corrected chi connectivity index (χ4v) is 1.97. The van der Waals surface area contributed by atoms with Crippen molar-refractivity contribution in [1.29, 1.82) is 0 Å². The molecule has 104 valence electrons. The molecule has 0 aliphatic rings. The fraction of sp³-hybridized carbons (Fsp3) is 0.214. The predicted molar refractivity (Wildman–Crippen MR) is 75.7 cm³/mol. The zero-order chi connectivity index (χ0) is 14.7. The molecule has 5 nitrogen and oxygen atoms in total. The molecule has 0 radical (unpaired) electrons. The molecule has 0 aliphatic heterocycles. The molecule has 0 bridgehead atoms. The first-order valence-corrected chi connectivity index (χ1v) is 6.31. The zero-order valence-electron chi connectivity index (χ0n) is 11.1. The van der Waals surface area contributed by atoms with Gasteiger partial charge in [-0.25, -0.2) is 4.68 Å². The van der Waals surface area contributed by atoms with Crippen LogP contribution in [-0.2, 0) is 11.2 Å². The summed E-state index contributed by atoms with van der Waals surface area (Å²) in [7, 11) is 1.57. The Hall–Kier alpha value is -2.14. The molecule has 1 heterocycles. The summed E-state index contributed by atoms with van der Waals surface area (Å²) in [5, 5.41) is 3.59. The molecule has 0 amide bonds. The van der Waals surface area contributed by atoms with Crippen LogP contribution < -0.4 is 10.2 Å². The van der Waals surface area contributed by atoms with Crippen molar-refractivity contribution in [2.75, 3.05) is 7.11 Å². The van der Waals surface area contributed by atoms with E-state index in [4.69, 9.17) is 16.3 Å². The summed E-state index contributed by atoms with van der Waals surface area (Å²) in [6, 6.07) is 8.68. The van der Waals surface area contributed by atoms with Gasteiger partial charge in [0.05, 0.1) is 19.2 Å². The molecule has 0 saturated carbocycles. The molecule has 0 unspecified atom stereocenters. The second kappa shape index (κ2) is 5.88. The van der Waals surface area contributed by atoms with E-state index in [-0.39, 0.29) is 17.5 Å². The summed E-state index contributed by atoms with van der Waals surface area (Å²) in [6.45, 7) is 1.76. The highest BCUT2D eigenvalue weighted by Crippen LogP contribution is 2.16.